The smallest absolute Gasteiger partial charge is 0.332 e. The molecule has 0 atom stereocenters. The topological polar surface area (TPSA) is 82.0 Å². The van der Waals surface area contributed by atoms with Gasteiger partial charge in [0.05, 0.1) is 0 Å². The molecule has 1 fully saturated rings. The summed E-state index contributed by atoms with van der Waals surface area (Å²) in [5.41, 5.74) is 5.64. The van der Waals surface area contributed by atoms with Crippen LogP contribution in [0, 0.1) is 0 Å². The van der Waals surface area contributed by atoms with Crippen molar-refractivity contribution in [1.82, 2.24) is 9.13 Å². The summed E-state index contributed by atoms with van der Waals surface area (Å²) in [4.78, 5) is 24.0. The highest BCUT2D eigenvalue weighted by molar-refractivity contribution is 5.61. The largest absolute Gasteiger partial charge is 0.383 e. The van der Waals surface area contributed by atoms with E-state index in [-0.39, 0.29) is 17.1 Å². The predicted octanol–water partition coefficient (Wildman–Crippen LogP) is 0.504. The third-order valence-corrected chi connectivity index (χ3v) is 3.48. The van der Waals surface area contributed by atoms with Crippen molar-refractivity contribution in [3.63, 3.8) is 0 Å². The van der Waals surface area contributed by atoms with E-state index in [0.717, 1.165) is 23.8 Å². The fourth-order valence-electron chi connectivity index (χ4n) is 2.12. The number of nitrogens with one attached hydrogen (secondary N) is 1. The Balaban J connectivity index is 2.49. The van der Waals surface area contributed by atoms with Gasteiger partial charge in [-0.2, -0.15) is 0 Å². The molecule has 0 saturated heterocycles. The number of nitrogens with zero attached hydrogens (tertiary/aromatic N) is 2. The van der Waals surface area contributed by atoms with Gasteiger partial charge in [-0.25, -0.2) is 4.79 Å². The zero-order valence-corrected chi connectivity index (χ0v) is 10.9. The zero-order chi connectivity index (χ0) is 13.3. The van der Waals surface area contributed by atoms with E-state index < -0.39 is 0 Å². The normalized spacial score (nSPS) is 15.4. The minimum absolute atomic E-state index is 0.261. The van der Waals surface area contributed by atoms with Crippen molar-refractivity contribution in [3.05, 3.63) is 20.8 Å². The van der Waals surface area contributed by atoms with Crippen molar-refractivity contribution >= 4 is 11.5 Å². The van der Waals surface area contributed by atoms with Crippen LogP contribution in [0.2, 0.25) is 0 Å². The molecular weight excluding hydrogens is 232 g/mol. The molecule has 1 aliphatic rings. The highest BCUT2D eigenvalue weighted by Gasteiger charge is 2.22. The number of anilines is 2. The van der Waals surface area contributed by atoms with E-state index in [1.165, 1.54) is 18.0 Å². The second-order valence-corrected chi connectivity index (χ2v) is 4.83. The van der Waals surface area contributed by atoms with Crippen LogP contribution in [0.5, 0.6) is 0 Å². The Bertz CT molecular complexity index is 554. The van der Waals surface area contributed by atoms with Crippen LogP contribution in [0.1, 0.15) is 32.6 Å². The molecule has 2 rings (SSSR count). The van der Waals surface area contributed by atoms with Crippen molar-refractivity contribution in [2.75, 3.05) is 11.1 Å². The van der Waals surface area contributed by atoms with Crippen molar-refractivity contribution in [3.8, 4) is 0 Å². The molecule has 0 radical (unpaired) electrons. The van der Waals surface area contributed by atoms with Gasteiger partial charge in [0.25, 0.3) is 5.56 Å². The first kappa shape index (κ1) is 12.7. The van der Waals surface area contributed by atoms with Gasteiger partial charge < -0.3 is 11.1 Å². The van der Waals surface area contributed by atoms with Crippen LogP contribution in [0.15, 0.2) is 9.59 Å². The number of rotatable bonds is 4. The summed E-state index contributed by atoms with van der Waals surface area (Å²) < 4.78 is 2.58. The van der Waals surface area contributed by atoms with Crippen LogP contribution in [0.25, 0.3) is 0 Å². The molecule has 1 aromatic heterocycles. The number of aromatic nitrogens is 2. The summed E-state index contributed by atoms with van der Waals surface area (Å²) in [6.45, 7) is 2.49. The third kappa shape index (κ3) is 2.02. The molecule has 0 amide bonds. The van der Waals surface area contributed by atoms with Gasteiger partial charge in [0, 0.05) is 19.6 Å². The molecule has 0 spiro atoms. The Labute approximate surface area is 105 Å². The van der Waals surface area contributed by atoms with Gasteiger partial charge in [-0.1, -0.05) is 6.92 Å². The summed E-state index contributed by atoms with van der Waals surface area (Å²) >= 11 is 0. The lowest BCUT2D eigenvalue weighted by atomic mass is 9.93. The molecule has 1 heterocycles. The maximum absolute atomic E-state index is 12.0. The average molecular weight is 252 g/mol. The minimum atomic E-state index is -0.349. The molecule has 1 saturated carbocycles. The summed E-state index contributed by atoms with van der Waals surface area (Å²) in [6.07, 6.45) is 4.07. The number of nitrogen functional groups attached to an aromatic ring is 1. The average Bonchev–Trinajstić information content (AvgIpc) is 2.30. The van der Waals surface area contributed by atoms with Crippen molar-refractivity contribution in [2.45, 2.75) is 45.2 Å². The summed E-state index contributed by atoms with van der Waals surface area (Å²) in [7, 11) is 1.49. The molecule has 6 nitrogen and oxygen atoms in total. The first-order valence-corrected chi connectivity index (χ1v) is 6.42. The molecule has 6 heteroatoms. The molecule has 0 aromatic carbocycles. The molecule has 1 aliphatic carbocycles. The first-order valence-electron chi connectivity index (χ1n) is 6.42. The van der Waals surface area contributed by atoms with Gasteiger partial charge in [0.1, 0.15) is 11.5 Å². The molecule has 1 aromatic rings. The van der Waals surface area contributed by atoms with Crippen molar-refractivity contribution < 1.29 is 0 Å². The van der Waals surface area contributed by atoms with Crippen LogP contribution in [0.3, 0.4) is 0 Å². The van der Waals surface area contributed by atoms with Crippen molar-refractivity contribution in [2.24, 2.45) is 7.05 Å². The van der Waals surface area contributed by atoms with Gasteiger partial charge in [0.15, 0.2) is 0 Å². The summed E-state index contributed by atoms with van der Waals surface area (Å²) in [5, 5.41) is 3.16. The van der Waals surface area contributed by atoms with Crippen LogP contribution < -0.4 is 22.3 Å². The molecule has 0 bridgehead atoms. The second-order valence-electron chi connectivity index (χ2n) is 4.83. The Hall–Kier alpha value is -1.72. The van der Waals surface area contributed by atoms with Gasteiger partial charge in [-0.15, -0.1) is 0 Å². The Morgan fingerprint density at radius 3 is 2.56 bits per heavy atom. The van der Waals surface area contributed by atoms with Crippen LogP contribution >= 0.6 is 0 Å². The molecule has 100 valence electrons. The van der Waals surface area contributed by atoms with Gasteiger partial charge >= 0.3 is 5.69 Å². The Morgan fingerprint density at radius 2 is 2.06 bits per heavy atom. The zero-order valence-electron chi connectivity index (χ0n) is 10.9. The lowest BCUT2D eigenvalue weighted by Gasteiger charge is -2.28. The van der Waals surface area contributed by atoms with Crippen LogP contribution in [-0.4, -0.2) is 15.2 Å². The molecule has 0 unspecified atom stereocenters. The van der Waals surface area contributed by atoms with E-state index in [1.807, 2.05) is 6.92 Å². The van der Waals surface area contributed by atoms with Gasteiger partial charge in [-0.3, -0.25) is 13.9 Å². The van der Waals surface area contributed by atoms with E-state index in [1.54, 1.807) is 0 Å². The standard InChI is InChI=1S/C12H20N4O2/c1-3-7-16-10(13)9(14-8-5-4-6-8)11(17)15(2)12(16)18/h8,14H,3-7,13H2,1-2H3. The molecule has 0 aliphatic heterocycles. The van der Waals surface area contributed by atoms with Crippen molar-refractivity contribution in [1.29, 1.82) is 0 Å². The van der Waals surface area contributed by atoms with Crippen LogP contribution in [-0.2, 0) is 13.6 Å². The highest BCUT2D eigenvalue weighted by atomic mass is 16.2. The SMILES string of the molecule is CCCn1c(N)c(NC2CCC2)c(=O)n(C)c1=O. The highest BCUT2D eigenvalue weighted by Crippen LogP contribution is 2.23. The first-order chi connectivity index (χ1) is 8.56. The van der Waals surface area contributed by atoms with E-state index in [2.05, 4.69) is 5.32 Å². The maximum atomic E-state index is 12.0. The lowest BCUT2D eigenvalue weighted by molar-refractivity contribution is 0.444. The number of hydrogen-bond donors (Lipinski definition) is 2. The third-order valence-electron chi connectivity index (χ3n) is 3.48. The van der Waals surface area contributed by atoms with Crippen LogP contribution in [0.4, 0.5) is 11.5 Å². The Kier molecular flexibility index (Phi) is 3.45. The molecular formula is C12H20N4O2. The number of hydrogen-bond acceptors (Lipinski definition) is 4. The number of nitrogens with two attached hydrogens (primary N) is 1. The molecule has 18 heavy (non-hydrogen) atoms. The van der Waals surface area contributed by atoms with E-state index in [9.17, 15) is 9.59 Å². The fourth-order valence-corrected chi connectivity index (χ4v) is 2.12. The molecule has 3 N–H and O–H groups in total. The van der Waals surface area contributed by atoms with E-state index in [4.69, 9.17) is 5.73 Å². The fraction of sp³-hybridized carbons (Fsp3) is 0.667. The van der Waals surface area contributed by atoms with E-state index in [0.29, 0.717) is 18.3 Å². The summed E-state index contributed by atoms with van der Waals surface area (Å²) in [5.74, 6) is 0.261. The predicted molar refractivity (Wildman–Crippen MR) is 71.9 cm³/mol. The summed E-state index contributed by atoms with van der Waals surface area (Å²) in [6, 6.07) is 0.313. The minimum Gasteiger partial charge on any atom is -0.383 e. The maximum Gasteiger partial charge on any atom is 0.332 e. The van der Waals surface area contributed by atoms with Gasteiger partial charge in [-0.05, 0) is 25.7 Å². The second kappa shape index (κ2) is 4.88. The quantitative estimate of drug-likeness (QED) is 0.817. The van der Waals surface area contributed by atoms with E-state index >= 15 is 0 Å². The Morgan fingerprint density at radius 1 is 1.39 bits per heavy atom. The van der Waals surface area contributed by atoms with Gasteiger partial charge in [0.2, 0.25) is 0 Å². The monoisotopic (exact) mass is 252 g/mol. The lowest BCUT2D eigenvalue weighted by Crippen LogP contribution is -2.42.